The van der Waals surface area contributed by atoms with Crippen molar-refractivity contribution in [3.8, 4) is 10.6 Å². The molecule has 1 atom stereocenters. The van der Waals surface area contributed by atoms with Gasteiger partial charge in [-0.05, 0) is 25.3 Å². The molecule has 0 aliphatic heterocycles. The van der Waals surface area contributed by atoms with Crippen LogP contribution in [0.1, 0.15) is 17.4 Å². The van der Waals surface area contributed by atoms with Crippen molar-refractivity contribution in [2.75, 3.05) is 18.6 Å². The fourth-order valence-electron chi connectivity index (χ4n) is 1.67. The zero-order chi connectivity index (χ0) is 15.5. The van der Waals surface area contributed by atoms with Crippen LogP contribution in [0, 0.1) is 0 Å². The third kappa shape index (κ3) is 4.47. The maximum Gasteiger partial charge on any atom is 0.273 e. The number of aromatic nitrogens is 1. The lowest BCUT2D eigenvalue weighted by molar-refractivity contribution is 0.0720. The maximum absolute atomic E-state index is 12.0. The molecule has 8 heteroatoms. The van der Waals surface area contributed by atoms with Gasteiger partial charge in [-0.1, -0.05) is 16.8 Å². The Hall–Kier alpha value is -1.02. The molecule has 2 N–H and O–H groups in total. The van der Waals surface area contributed by atoms with E-state index in [1.165, 1.54) is 23.1 Å². The molecule has 5 nitrogen and oxygen atoms in total. The summed E-state index contributed by atoms with van der Waals surface area (Å²) >= 11 is 8.72. The zero-order valence-corrected chi connectivity index (χ0v) is 13.9. The summed E-state index contributed by atoms with van der Waals surface area (Å²) in [6.45, 7) is 1.82. The van der Waals surface area contributed by atoms with Crippen LogP contribution in [0.25, 0.3) is 10.6 Å². The quantitative estimate of drug-likeness (QED) is 0.841. The number of carbonyl (C=O) groups is 1. The lowest BCUT2D eigenvalue weighted by atomic mass is 10.1. The van der Waals surface area contributed by atoms with Crippen LogP contribution in [0.5, 0.6) is 0 Å². The molecule has 1 amide bonds. The Morgan fingerprint density at radius 1 is 1.62 bits per heavy atom. The van der Waals surface area contributed by atoms with E-state index in [2.05, 4.69) is 10.5 Å². The molecule has 0 spiro atoms. The highest BCUT2D eigenvalue weighted by Gasteiger charge is 2.22. The van der Waals surface area contributed by atoms with Gasteiger partial charge in [0.05, 0.1) is 14.8 Å². The van der Waals surface area contributed by atoms with Gasteiger partial charge in [0, 0.05) is 18.4 Å². The minimum atomic E-state index is -0.955. The van der Waals surface area contributed by atoms with Crippen LogP contribution < -0.4 is 5.32 Å². The summed E-state index contributed by atoms with van der Waals surface area (Å²) in [5.74, 6) is 0.646. The van der Waals surface area contributed by atoms with Gasteiger partial charge in [-0.15, -0.1) is 11.3 Å². The molecule has 0 saturated heterocycles. The van der Waals surface area contributed by atoms with Crippen LogP contribution in [0.3, 0.4) is 0 Å². The number of carbonyl (C=O) groups excluding carboxylic acids is 1. The zero-order valence-electron chi connectivity index (χ0n) is 11.6. The van der Waals surface area contributed by atoms with Crippen LogP contribution in [-0.4, -0.2) is 40.3 Å². The van der Waals surface area contributed by atoms with E-state index in [-0.39, 0.29) is 18.1 Å². The van der Waals surface area contributed by atoms with E-state index in [9.17, 15) is 9.90 Å². The second kappa shape index (κ2) is 6.83. The molecule has 114 valence electrons. The lowest BCUT2D eigenvalue weighted by Gasteiger charge is -2.21. The SMILES string of the molecule is CSCC(C)(O)CNC(=O)c1cc(-c2ccc(Cl)s2)on1. The fourth-order valence-corrected chi connectivity index (χ4v) is 3.38. The van der Waals surface area contributed by atoms with Crippen molar-refractivity contribution in [1.29, 1.82) is 0 Å². The van der Waals surface area contributed by atoms with Crippen LogP contribution >= 0.6 is 34.7 Å². The molecule has 0 bridgehead atoms. The van der Waals surface area contributed by atoms with Crippen LogP contribution in [-0.2, 0) is 0 Å². The second-order valence-electron chi connectivity index (χ2n) is 4.79. The first-order valence-electron chi connectivity index (χ1n) is 6.13. The number of aliphatic hydroxyl groups is 1. The van der Waals surface area contributed by atoms with Gasteiger partial charge in [-0.2, -0.15) is 11.8 Å². The van der Waals surface area contributed by atoms with E-state index in [0.29, 0.717) is 15.8 Å². The predicted molar refractivity (Wildman–Crippen MR) is 86.2 cm³/mol. The molecule has 0 radical (unpaired) electrons. The van der Waals surface area contributed by atoms with Crippen molar-refractivity contribution in [2.45, 2.75) is 12.5 Å². The largest absolute Gasteiger partial charge is 0.387 e. The first kappa shape index (κ1) is 16.4. The molecule has 0 aliphatic rings. The van der Waals surface area contributed by atoms with Gasteiger partial charge in [0.25, 0.3) is 5.91 Å². The molecular weight excluding hydrogens is 332 g/mol. The Morgan fingerprint density at radius 2 is 2.38 bits per heavy atom. The van der Waals surface area contributed by atoms with E-state index in [1.54, 1.807) is 25.1 Å². The minimum absolute atomic E-state index is 0.152. The Balaban J connectivity index is 1.99. The molecule has 2 rings (SSSR count). The molecule has 2 heterocycles. The number of thioether (sulfide) groups is 1. The average Bonchev–Trinajstić information content (AvgIpc) is 3.04. The summed E-state index contributed by atoms with van der Waals surface area (Å²) in [6.07, 6.45) is 1.90. The average molecular weight is 347 g/mol. The number of amides is 1. The molecule has 0 saturated carbocycles. The molecule has 1 unspecified atom stereocenters. The Labute approximate surface area is 135 Å². The lowest BCUT2D eigenvalue weighted by Crippen LogP contribution is -2.42. The third-order valence-electron chi connectivity index (χ3n) is 2.64. The van der Waals surface area contributed by atoms with Gasteiger partial charge in [-0.3, -0.25) is 4.79 Å². The van der Waals surface area contributed by atoms with E-state index in [1.807, 2.05) is 6.26 Å². The number of nitrogens with zero attached hydrogens (tertiary/aromatic N) is 1. The van der Waals surface area contributed by atoms with Gasteiger partial charge < -0.3 is 14.9 Å². The van der Waals surface area contributed by atoms with Gasteiger partial charge in [-0.25, -0.2) is 0 Å². The Kier molecular flexibility index (Phi) is 5.32. The number of rotatable bonds is 6. The van der Waals surface area contributed by atoms with Gasteiger partial charge in [0.15, 0.2) is 11.5 Å². The van der Waals surface area contributed by atoms with Crippen LogP contribution in [0.15, 0.2) is 22.7 Å². The highest BCUT2D eigenvalue weighted by atomic mass is 35.5. The molecule has 21 heavy (non-hydrogen) atoms. The topological polar surface area (TPSA) is 75.4 Å². The Bertz CT molecular complexity index is 624. The molecule has 0 aromatic carbocycles. The van der Waals surface area contributed by atoms with Crippen molar-refractivity contribution in [2.24, 2.45) is 0 Å². The Morgan fingerprint density at radius 3 is 3.00 bits per heavy atom. The third-order valence-corrected chi connectivity index (χ3v) is 4.80. The van der Waals surface area contributed by atoms with Crippen molar-refractivity contribution < 1.29 is 14.4 Å². The highest BCUT2D eigenvalue weighted by Crippen LogP contribution is 2.31. The van der Waals surface area contributed by atoms with E-state index >= 15 is 0 Å². The molecule has 0 fully saturated rings. The van der Waals surface area contributed by atoms with Crippen molar-refractivity contribution in [3.63, 3.8) is 0 Å². The standard InChI is InChI=1S/C13H15ClN2O3S2/c1-13(18,7-20-2)6-15-12(17)8-5-9(19-16-8)10-3-4-11(14)21-10/h3-5,18H,6-7H2,1-2H3,(H,15,17). The minimum Gasteiger partial charge on any atom is -0.387 e. The number of hydrogen-bond donors (Lipinski definition) is 2. The number of nitrogens with one attached hydrogen (secondary N) is 1. The first-order valence-corrected chi connectivity index (χ1v) is 8.72. The summed E-state index contributed by atoms with van der Waals surface area (Å²) in [4.78, 5) is 12.8. The maximum atomic E-state index is 12.0. The summed E-state index contributed by atoms with van der Waals surface area (Å²) in [5, 5.41) is 16.4. The van der Waals surface area contributed by atoms with Crippen LogP contribution in [0.2, 0.25) is 4.34 Å². The molecular formula is C13H15ClN2O3S2. The summed E-state index contributed by atoms with van der Waals surface area (Å²) in [6, 6.07) is 5.11. The summed E-state index contributed by atoms with van der Waals surface area (Å²) < 4.78 is 5.78. The second-order valence-corrected chi connectivity index (χ2v) is 7.37. The monoisotopic (exact) mass is 346 g/mol. The smallest absolute Gasteiger partial charge is 0.273 e. The summed E-state index contributed by atoms with van der Waals surface area (Å²) in [7, 11) is 0. The van der Waals surface area contributed by atoms with E-state index in [4.69, 9.17) is 16.1 Å². The van der Waals surface area contributed by atoms with Crippen LogP contribution in [0.4, 0.5) is 0 Å². The van der Waals surface area contributed by atoms with Gasteiger partial charge in [0.1, 0.15) is 0 Å². The van der Waals surface area contributed by atoms with E-state index < -0.39 is 5.60 Å². The molecule has 2 aromatic heterocycles. The summed E-state index contributed by atoms with van der Waals surface area (Å²) in [5.41, 5.74) is -0.780. The predicted octanol–water partition coefficient (Wildman–Crippen LogP) is 2.90. The highest BCUT2D eigenvalue weighted by molar-refractivity contribution is 7.98. The number of hydrogen-bond acceptors (Lipinski definition) is 6. The normalized spacial score (nSPS) is 13.9. The number of halogens is 1. The van der Waals surface area contributed by atoms with Gasteiger partial charge >= 0.3 is 0 Å². The fraction of sp³-hybridized carbons (Fsp3) is 0.385. The van der Waals surface area contributed by atoms with Crippen molar-refractivity contribution >= 4 is 40.6 Å². The first-order chi connectivity index (χ1) is 9.91. The van der Waals surface area contributed by atoms with Gasteiger partial charge in [0.2, 0.25) is 0 Å². The number of thiophene rings is 1. The molecule has 0 aliphatic carbocycles. The van der Waals surface area contributed by atoms with Crippen molar-refractivity contribution in [1.82, 2.24) is 10.5 Å². The van der Waals surface area contributed by atoms with E-state index in [0.717, 1.165) is 4.88 Å². The van der Waals surface area contributed by atoms with Crippen molar-refractivity contribution in [3.05, 3.63) is 28.2 Å². The molecule has 2 aromatic rings.